The number of aromatic nitrogens is 2. The van der Waals surface area contributed by atoms with E-state index in [2.05, 4.69) is 31.5 Å². The molecule has 0 bridgehead atoms. The molecule has 1 aromatic heterocycles. The van der Waals surface area contributed by atoms with Crippen LogP contribution in [0.2, 0.25) is 0 Å². The number of nitrogens with two attached hydrogens (primary N) is 1. The first-order valence-corrected chi connectivity index (χ1v) is 17.0. The molecule has 16 heteroatoms. The number of nitrogens with one attached hydrogen (secondary N) is 5. The molecule has 1 heterocycles. The van der Waals surface area contributed by atoms with Crippen molar-refractivity contribution in [2.75, 3.05) is 17.2 Å². The number of carboxylic acids is 2. The molecule has 3 aromatic carbocycles. The lowest BCUT2D eigenvalue weighted by molar-refractivity contribution is -0.143. The number of carboxylic acid groups (broad SMARTS) is 2. The Bertz CT molecular complexity index is 1960. The van der Waals surface area contributed by atoms with Gasteiger partial charge in [-0.1, -0.05) is 48.4 Å². The van der Waals surface area contributed by atoms with Gasteiger partial charge in [0.2, 0.25) is 23.6 Å². The highest BCUT2D eigenvalue weighted by Gasteiger charge is 2.25. The summed E-state index contributed by atoms with van der Waals surface area (Å²) in [6.07, 6.45) is 0.601. The van der Waals surface area contributed by atoms with Gasteiger partial charge in [-0.15, -0.1) is 0 Å². The van der Waals surface area contributed by atoms with Crippen molar-refractivity contribution in [3.63, 3.8) is 0 Å². The van der Waals surface area contributed by atoms with E-state index in [1.54, 1.807) is 24.3 Å². The standard InChI is InChI=1S/C37H42FN7O8/c1-21-9-14-26(38)23(18-21)19-32(48)41-24-12-10-22(11-13-24)25-6-5-7-28-34(25)35(45-44-28)43-30(46)8-3-2-4-17-40-31(47)20-27(39)36(51)42-29(37(52)53)15-16-33(49)50/h5-7,9-14,18,27,29H,2-4,8,15-17,19-20,39H2,1H3,(H,40,47)(H,41,48)(H,42,51)(H,49,50)(H,52,53)(H2,43,44,45,46)/t27-,29-/m0/s1. The highest BCUT2D eigenvalue weighted by Crippen LogP contribution is 2.33. The van der Waals surface area contributed by atoms with Gasteiger partial charge in [0.15, 0.2) is 5.82 Å². The number of carbonyl (C=O) groups excluding carboxylic acids is 4. The molecule has 0 saturated heterocycles. The Balaban J connectivity index is 1.21. The number of unbranched alkanes of at least 4 members (excludes halogenated alkanes) is 2. The van der Waals surface area contributed by atoms with Crippen LogP contribution in [0.3, 0.4) is 0 Å². The van der Waals surface area contributed by atoms with Gasteiger partial charge in [0.25, 0.3) is 0 Å². The lowest BCUT2D eigenvalue weighted by atomic mass is 10.0. The molecule has 4 aromatic rings. The minimum atomic E-state index is -1.44. The summed E-state index contributed by atoms with van der Waals surface area (Å²) in [5.41, 5.74) is 9.80. The number of carbonyl (C=O) groups is 6. The summed E-state index contributed by atoms with van der Waals surface area (Å²) in [5.74, 6) is -4.68. The first-order chi connectivity index (χ1) is 25.3. The van der Waals surface area contributed by atoms with E-state index in [-0.39, 0.29) is 37.6 Å². The number of rotatable bonds is 19. The zero-order valence-corrected chi connectivity index (χ0v) is 29.0. The smallest absolute Gasteiger partial charge is 0.326 e. The number of benzene rings is 3. The van der Waals surface area contributed by atoms with Crippen LogP contribution >= 0.6 is 0 Å². The van der Waals surface area contributed by atoms with Gasteiger partial charge in [0.05, 0.1) is 29.8 Å². The van der Waals surface area contributed by atoms with E-state index >= 15 is 0 Å². The molecule has 0 spiro atoms. The number of fused-ring (bicyclic) bond motifs is 1. The summed E-state index contributed by atoms with van der Waals surface area (Å²) in [6, 6.07) is 14.6. The Morgan fingerprint density at radius 3 is 2.36 bits per heavy atom. The van der Waals surface area contributed by atoms with E-state index in [1.807, 2.05) is 37.3 Å². The third-order valence-electron chi connectivity index (χ3n) is 8.29. The second kappa shape index (κ2) is 18.9. The largest absolute Gasteiger partial charge is 0.481 e. The molecular weight excluding hydrogens is 689 g/mol. The maximum Gasteiger partial charge on any atom is 0.326 e. The molecule has 2 atom stereocenters. The minimum absolute atomic E-state index is 0.0975. The number of aromatic amines is 1. The number of H-pyrrole nitrogens is 1. The number of hydrogen-bond donors (Lipinski definition) is 8. The number of aliphatic carboxylic acids is 2. The van der Waals surface area contributed by atoms with Crippen molar-refractivity contribution in [2.45, 2.75) is 70.4 Å². The molecule has 4 amide bonds. The van der Waals surface area contributed by atoms with E-state index in [0.717, 1.165) is 16.7 Å². The first kappa shape index (κ1) is 39.6. The normalized spacial score (nSPS) is 12.1. The quantitative estimate of drug-likeness (QED) is 0.0651. The third-order valence-corrected chi connectivity index (χ3v) is 8.29. The van der Waals surface area contributed by atoms with Crippen LogP contribution in [-0.2, 0) is 35.2 Å². The Labute approximate surface area is 303 Å². The fourth-order valence-corrected chi connectivity index (χ4v) is 5.53. The Kier molecular flexibility index (Phi) is 14.1. The van der Waals surface area contributed by atoms with E-state index in [9.17, 15) is 38.3 Å². The van der Waals surface area contributed by atoms with Crippen LogP contribution < -0.4 is 27.0 Å². The predicted molar refractivity (Wildman–Crippen MR) is 194 cm³/mol. The number of halogens is 1. The number of nitrogens with zero attached hydrogens (tertiary/aromatic N) is 1. The fraction of sp³-hybridized carbons (Fsp3) is 0.324. The first-order valence-electron chi connectivity index (χ1n) is 17.0. The van der Waals surface area contributed by atoms with E-state index < -0.39 is 54.5 Å². The van der Waals surface area contributed by atoms with Gasteiger partial charge in [0.1, 0.15) is 11.9 Å². The van der Waals surface area contributed by atoms with Crippen LogP contribution in [-0.4, -0.2) is 74.6 Å². The van der Waals surface area contributed by atoms with E-state index in [1.165, 1.54) is 6.07 Å². The number of anilines is 2. The molecule has 0 saturated carbocycles. The molecule has 4 rings (SSSR count). The van der Waals surface area contributed by atoms with Crippen molar-refractivity contribution in [2.24, 2.45) is 5.73 Å². The lowest BCUT2D eigenvalue weighted by Gasteiger charge is -2.17. The molecule has 280 valence electrons. The summed E-state index contributed by atoms with van der Waals surface area (Å²) < 4.78 is 14.1. The van der Waals surface area contributed by atoms with Gasteiger partial charge in [-0.3, -0.25) is 29.1 Å². The van der Waals surface area contributed by atoms with Gasteiger partial charge < -0.3 is 37.2 Å². The van der Waals surface area contributed by atoms with Crippen molar-refractivity contribution in [1.29, 1.82) is 0 Å². The van der Waals surface area contributed by atoms with E-state index in [4.69, 9.17) is 10.8 Å². The maximum atomic E-state index is 14.1. The van der Waals surface area contributed by atoms with Crippen molar-refractivity contribution in [3.8, 4) is 11.1 Å². The van der Waals surface area contributed by atoms with E-state index in [0.29, 0.717) is 47.2 Å². The third kappa shape index (κ3) is 12.0. The van der Waals surface area contributed by atoms with Crippen LogP contribution in [0, 0.1) is 12.7 Å². The lowest BCUT2D eigenvalue weighted by Crippen LogP contribution is -2.50. The van der Waals surface area contributed by atoms with Crippen LogP contribution in [0.1, 0.15) is 56.1 Å². The van der Waals surface area contributed by atoms with Crippen LogP contribution in [0.25, 0.3) is 22.0 Å². The van der Waals surface area contributed by atoms with Gasteiger partial charge in [-0.2, -0.15) is 5.10 Å². The molecule has 0 fully saturated rings. The summed E-state index contributed by atoms with van der Waals surface area (Å²) in [6.45, 7) is 2.10. The second-order valence-corrected chi connectivity index (χ2v) is 12.5. The summed E-state index contributed by atoms with van der Waals surface area (Å²) >= 11 is 0. The highest BCUT2D eigenvalue weighted by molar-refractivity contribution is 6.07. The van der Waals surface area contributed by atoms with Gasteiger partial charge >= 0.3 is 11.9 Å². The fourth-order valence-electron chi connectivity index (χ4n) is 5.53. The Hall–Kier alpha value is -6.16. The zero-order chi connectivity index (χ0) is 38.5. The van der Waals surface area contributed by atoms with Crippen LogP contribution in [0.4, 0.5) is 15.9 Å². The number of hydrogen-bond acceptors (Lipinski definition) is 8. The molecule has 53 heavy (non-hydrogen) atoms. The molecular formula is C37H42FN7O8. The summed E-state index contributed by atoms with van der Waals surface area (Å²) in [5, 5.41) is 36.3. The monoisotopic (exact) mass is 731 g/mol. The maximum absolute atomic E-state index is 14.1. The van der Waals surface area contributed by atoms with Gasteiger partial charge in [-0.25, -0.2) is 9.18 Å². The molecule has 0 aliphatic heterocycles. The Morgan fingerprint density at radius 2 is 1.64 bits per heavy atom. The molecule has 9 N–H and O–H groups in total. The summed E-state index contributed by atoms with van der Waals surface area (Å²) in [4.78, 5) is 71.8. The number of aryl methyl sites for hydroxylation is 1. The molecule has 0 aliphatic carbocycles. The SMILES string of the molecule is Cc1ccc(F)c(CC(=O)Nc2ccc(-c3cccc4[nH]nc(NC(=O)CCCCCNC(=O)C[C@H](N)C(=O)N[C@@H](CCC(=O)O)C(=O)O)c34)cc2)c1. The zero-order valence-electron chi connectivity index (χ0n) is 29.0. The van der Waals surface area contributed by atoms with Crippen LogP contribution in [0.15, 0.2) is 60.7 Å². The average molecular weight is 732 g/mol. The van der Waals surface area contributed by atoms with Crippen molar-refractivity contribution in [3.05, 3.63) is 77.6 Å². The molecule has 0 radical (unpaired) electrons. The molecule has 0 aliphatic rings. The predicted octanol–water partition coefficient (Wildman–Crippen LogP) is 3.63. The minimum Gasteiger partial charge on any atom is -0.481 e. The Morgan fingerprint density at radius 1 is 0.887 bits per heavy atom. The van der Waals surface area contributed by atoms with Gasteiger partial charge in [0, 0.05) is 25.1 Å². The van der Waals surface area contributed by atoms with Crippen molar-refractivity contribution < 1.29 is 43.4 Å². The average Bonchev–Trinajstić information content (AvgIpc) is 3.52. The van der Waals surface area contributed by atoms with Gasteiger partial charge in [-0.05, 0) is 67.1 Å². The molecule has 0 unspecified atom stereocenters. The van der Waals surface area contributed by atoms with Crippen molar-refractivity contribution in [1.82, 2.24) is 20.8 Å². The molecule has 15 nitrogen and oxygen atoms in total. The topological polar surface area (TPSA) is 246 Å². The van der Waals surface area contributed by atoms with Crippen LogP contribution in [0.5, 0.6) is 0 Å². The second-order valence-electron chi connectivity index (χ2n) is 12.5. The highest BCUT2D eigenvalue weighted by atomic mass is 19.1. The summed E-state index contributed by atoms with van der Waals surface area (Å²) in [7, 11) is 0. The number of amides is 4. The van der Waals surface area contributed by atoms with Crippen molar-refractivity contribution >= 4 is 58.0 Å².